The molecule has 0 unspecified atom stereocenters. The number of anilines is 1. The van der Waals surface area contributed by atoms with E-state index in [4.69, 9.17) is 21.1 Å². The molecular weight excluding hydrogens is 466 g/mol. The molecular formula is C27H28ClN3O4. The molecule has 0 saturated heterocycles. The van der Waals surface area contributed by atoms with Gasteiger partial charge in [-0.25, -0.2) is 5.43 Å². The number of aryl methyl sites for hydroxylation is 2. The molecule has 3 aromatic carbocycles. The van der Waals surface area contributed by atoms with Crippen LogP contribution in [0.15, 0.2) is 65.8 Å². The van der Waals surface area contributed by atoms with Crippen molar-refractivity contribution in [1.29, 1.82) is 0 Å². The molecule has 3 rings (SSSR count). The highest BCUT2D eigenvalue weighted by atomic mass is 35.5. The molecule has 0 radical (unpaired) electrons. The van der Waals surface area contributed by atoms with Gasteiger partial charge in [-0.1, -0.05) is 47.5 Å². The molecule has 0 atom stereocenters. The van der Waals surface area contributed by atoms with Crippen LogP contribution in [-0.4, -0.2) is 24.6 Å². The van der Waals surface area contributed by atoms with Crippen molar-refractivity contribution in [1.82, 2.24) is 5.43 Å². The summed E-state index contributed by atoms with van der Waals surface area (Å²) in [5.74, 6) is 0.176. The molecule has 2 amide bonds. The van der Waals surface area contributed by atoms with Crippen LogP contribution in [0.4, 0.5) is 5.69 Å². The Bertz CT molecular complexity index is 1230. The zero-order valence-corrected chi connectivity index (χ0v) is 20.7. The summed E-state index contributed by atoms with van der Waals surface area (Å²) in [4.78, 5) is 24.3. The summed E-state index contributed by atoms with van der Waals surface area (Å²) in [7, 11) is 0. The molecule has 0 fully saturated rings. The van der Waals surface area contributed by atoms with Crippen molar-refractivity contribution in [3.8, 4) is 11.5 Å². The highest BCUT2D eigenvalue weighted by Crippen LogP contribution is 2.29. The van der Waals surface area contributed by atoms with Gasteiger partial charge in [0.15, 0.2) is 11.5 Å². The summed E-state index contributed by atoms with van der Waals surface area (Å²) in [5, 5.41) is 7.32. The number of hydrazone groups is 1. The largest absolute Gasteiger partial charge is 0.490 e. The minimum Gasteiger partial charge on any atom is -0.490 e. The molecule has 0 aromatic heterocycles. The Morgan fingerprint density at radius 1 is 0.971 bits per heavy atom. The third kappa shape index (κ3) is 7.86. The molecule has 2 N–H and O–H groups in total. The van der Waals surface area contributed by atoms with Gasteiger partial charge in [-0.05, 0) is 62.2 Å². The molecule has 0 saturated carbocycles. The molecule has 0 aliphatic rings. The number of rotatable bonds is 10. The quantitative estimate of drug-likeness (QED) is 0.224. The van der Waals surface area contributed by atoms with Crippen molar-refractivity contribution in [3.05, 3.63) is 87.9 Å². The van der Waals surface area contributed by atoms with Gasteiger partial charge in [0.05, 0.1) is 12.8 Å². The van der Waals surface area contributed by atoms with Gasteiger partial charge in [-0.3, -0.25) is 9.59 Å². The second-order valence-corrected chi connectivity index (χ2v) is 8.26. The van der Waals surface area contributed by atoms with Crippen LogP contribution in [0.3, 0.4) is 0 Å². The fourth-order valence-electron chi connectivity index (χ4n) is 3.28. The van der Waals surface area contributed by atoms with Gasteiger partial charge in [-0.2, -0.15) is 5.10 Å². The van der Waals surface area contributed by atoms with E-state index in [1.807, 2.05) is 63.2 Å². The van der Waals surface area contributed by atoms with Gasteiger partial charge in [-0.15, -0.1) is 0 Å². The SMILES string of the molecule is CCOc1cc(C=NNC(=O)CC(=O)Nc2ccc(C)cc2C)ccc1OCc1ccccc1Cl. The third-order valence-electron chi connectivity index (χ3n) is 4.99. The first-order chi connectivity index (χ1) is 16.9. The fourth-order valence-corrected chi connectivity index (χ4v) is 3.47. The number of carbonyl (C=O) groups is 2. The first-order valence-corrected chi connectivity index (χ1v) is 11.6. The van der Waals surface area contributed by atoms with E-state index in [2.05, 4.69) is 15.8 Å². The monoisotopic (exact) mass is 493 g/mol. The van der Waals surface area contributed by atoms with E-state index >= 15 is 0 Å². The summed E-state index contributed by atoms with van der Waals surface area (Å²) in [6.07, 6.45) is 1.13. The van der Waals surface area contributed by atoms with Gasteiger partial charge in [0, 0.05) is 16.3 Å². The number of hydrogen-bond donors (Lipinski definition) is 2. The molecule has 3 aromatic rings. The van der Waals surface area contributed by atoms with Gasteiger partial charge in [0.2, 0.25) is 11.8 Å². The summed E-state index contributed by atoms with van der Waals surface area (Å²) < 4.78 is 11.6. The van der Waals surface area contributed by atoms with Crippen LogP contribution >= 0.6 is 11.6 Å². The topological polar surface area (TPSA) is 89.0 Å². The van der Waals surface area contributed by atoms with E-state index in [9.17, 15) is 9.59 Å². The van der Waals surface area contributed by atoms with Crippen molar-refractivity contribution in [2.24, 2.45) is 5.10 Å². The highest BCUT2D eigenvalue weighted by molar-refractivity contribution is 6.31. The second kappa shape index (κ2) is 12.6. The maximum Gasteiger partial charge on any atom is 0.249 e. The van der Waals surface area contributed by atoms with Crippen LogP contribution in [0.1, 0.15) is 35.6 Å². The van der Waals surface area contributed by atoms with Gasteiger partial charge >= 0.3 is 0 Å². The number of nitrogens with one attached hydrogen (secondary N) is 2. The summed E-state index contributed by atoms with van der Waals surface area (Å²) in [5.41, 5.74) is 6.64. The van der Waals surface area contributed by atoms with Crippen molar-refractivity contribution < 1.29 is 19.1 Å². The average Bonchev–Trinajstić information content (AvgIpc) is 2.81. The van der Waals surface area contributed by atoms with Crippen LogP contribution in [0, 0.1) is 13.8 Å². The highest BCUT2D eigenvalue weighted by Gasteiger charge is 2.11. The normalized spacial score (nSPS) is 10.7. The number of nitrogens with zero attached hydrogens (tertiary/aromatic N) is 1. The van der Waals surface area contributed by atoms with Crippen molar-refractivity contribution in [3.63, 3.8) is 0 Å². The van der Waals surface area contributed by atoms with Gasteiger partial charge < -0.3 is 14.8 Å². The first-order valence-electron chi connectivity index (χ1n) is 11.2. The number of halogens is 1. The van der Waals surface area contributed by atoms with E-state index in [-0.39, 0.29) is 6.42 Å². The van der Waals surface area contributed by atoms with Crippen LogP contribution in [-0.2, 0) is 16.2 Å². The lowest BCUT2D eigenvalue weighted by atomic mass is 10.1. The number of amides is 2. The molecule has 0 aliphatic heterocycles. The van der Waals surface area contributed by atoms with Crippen LogP contribution < -0.4 is 20.2 Å². The third-order valence-corrected chi connectivity index (χ3v) is 5.36. The maximum absolute atomic E-state index is 12.2. The zero-order valence-electron chi connectivity index (χ0n) is 19.9. The van der Waals surface area contributed by atoms with Crippen LogP contribution in [0.25, 0.3) is 0 Å². The Morgan fingerprint density at radius 2 is 1.77 bits per heavy atom. The van der Waals surface area contributed by atoms with E-state index in [0.717, 1.165) is 16.7 Å². The first kappa shape index (κ1) is 25.8. The number of benzene rings is 3. The van der Waals surface area contributed by atoms with Crippen LogP contribution in [0.2, 0.25) is 5.02 Å². The summed E-state index contributed by atoms with van der Waals surface area (Å²) in [6.45, 7) is 6.50. The van der Waals surface area contributed by atoms with Crippen molar-refractivity contribution in [2.75, 3.05) is 11.9 Å². The van der Waals surface area contributed by atoms with Crippen LogP contribution in [0.5, 0.6) is 11.5 Å². The molecule has 182 valence electrons. The lowest BCUT2D eigenvalue weighted by Gasteiger charge is -2.13. The van der Waals surface area contributed by atoms with E-state index in [1.165, 1.54) is 6.21 Å². The molecule has 0 bridgehead atoms. The smallest absolute Gasteiger partial charge is 0.249 e. The Hall–Kier alpha value is -3.84. The second-order valence-electron chi connectivity index (χ2n) is 7.86. The molecule has 7 nitrogen and oxygen atoms in total. The number of ether oxygens (including phenoxy) is 2. The summed E-state index contributed by atoms with van der Waals surface area (Å²) >= 11 is 6.20. The Morgan fingerprint density at radius 3 is 2.51 bits per heavy atom. The predicted octanol–water partition coefficient (Wildman–Crippen LogP) is 5.41. The fraction of sp³-hybridized carbons (Fsp3) is 0.222. The molecule has 8 heteroatoms. The summed E-state index contributed by atoms with van der Waals surface area (Å²) in [6, 6.07) is 18.5. The number of hydrogen-bond acceptors (Lipinski definition) is 5. The van der Waals surface area contributed by atoms with Crippen molar-refractivity contribution in [2.45, 2.75) is 33.8 Å². The minimum absolute atomic E-state index is 0.299. The molecule has 35 heavy (non-hydrogen) atoms. The average molecular weight is 494 g/mol. The Kier molecular flexibility index (Phi) is 9.26. The maximum atomic E-state index is 12.2. The lowest BCUT2D eigenvalue weighted by molar-refractivity contribution is -0.126. The Labute approximate surface area is 210 Å². The molecule has 0 aliphatic carbocycles. The zero-order chi connectivity index (χ0) is 25.2. The number of carbonyl (C=O) groups excluding carboxylic acids is 2. The van der Waals surface area contributed by atoms with E-state index in [0.29, 0.717) is 41.0 Å². The molecule has 0 spiro atoms. The minimum atomic E-state index is -0.520. The Balaban J connectivity index is 1.55. The van der Waals surface area contributed by atoms with E-state index < -0.39 is 11.8 Å². The predicted molar refractivity (Wildman–Crippen MR) is 138 cm³/mol. The van der Waals surface area contributed by atoms with Gasteiger partial charge in [0.25, 0.3) is 0 Å². The molecule has 0 heterocycles. The lowest BCUT2D eigenvalue weighted by Crippen LogP contribution is -2.24. The van der Waals surface area contributed by atoms with Gasteiger partial charge in [0.1, 0.15) is 13.0 Å². The standard InChI is InChI=1S/C27H28ClN3O4/c1-4-34-25-14-20(10-12-24(25)35-17-21-7-5-6-8-22(21)28)16-29-31-27(33)15-26(32)30-23-11-9-18(2)13-19(23)3/h5-14,16H,4,15,17H2,1-3H3,(H,30,32)(H,31,33). The van der Waals surface area contributed by atoms with E-state index in [1.54, 1.807) is 18.2 Å². The van der Waals surface area contributed by atoms with Crippen molar-refractivity contribution >= 4 is 35.3 Å².